The Kier molecular flexibility index (Phi) is 7.50. The normalized spacial score (nSPS) is 11.7. The Labute approximate surface area is 205 Å². The number of sulfonamides is 1. The second-order valence-electron chi connectivity index (χ2n) is 7.93. The van der Waals surface area contributed by atoms with E-state index in [0.29, 0.717) is 21.8 Å². The maximum atomic E-state index is 13.3. The number of amides is 1. The summed E-state index contributed by atoms with van der Waals surface area (Å²) in [5.74, 6) is -0.337. The molecule has 0 saturated heterocycles. The van der Waals surface area contributed by atoms with Crippen LogP contribution in [0.2, 0.25) is 5.02 Å². The van der Waals surface area contributed by atoms with Gasteiger partial charge in [0.25, 0.3) is 15.9 Å². The minimum Gasteiger partial charge on any atom is -0.368 e. The van der Waals surface area contributed by atoms with E-state index in [4.69, 9.17) is 16.4 Å². The molecule has 2 aromatic carbocycles. The number of hydroxylamine groups is 2. The SMILES string of the molecule is CON(C)C(=O)c1c(-c2ccc(S(=O)(=O)N=CN(C)C)cc2)c(C)c(-c2ccc(Cl)cc2)n1C. The zero-order valence-electron chi connectivity index (χ0n) is 19.9. The number of carbonyl (C=O) groups is 1. The second kappa shape index (κ2) is 10.0. The second-order valence-corrected chi connectivity index (χ2v) is 10.0. The lowest BCUT2D eigenvalue weighted by molar-refractivity contribution is -0.0761. The van der Waals surface area contributed by atoms with Gasteiger partial charge in [0.2, 0.25) is 0 Å². The highest BCUT2D eigenvalue weighted by Crippen LogP contribution is 2.38. The first kappa shape index (κ1) is 25.5. The van der Waals surface area contributed by atoms with Crippen LogP contribution < -0.4 is 0 Å². The minimum absolute atomic E-state index is 0.0581. The number of rotatable bonds is 7. The van der Waals surface area contributed by atoms with E-state index in [9.17, 15) is 13.2 Å². The third-order valence-electron chi connectivity index (χ3n) is 5.38. The fraction of sp³-hybridized carbons (Fsp3) is 0.250. The van der Waals surface area contributed by atoms with E-state index >= 15 is 0 Å². The van der Waals surface area contributed by atoms with E-state index in [1.165, 1.54) is 32.6 Å². The number of hydrogen-bond acceptors (Lipinski definition) is 4. The Hall–Kier alpha value is -3.14. The molecule has 180 valence electrons. The molecule has 0 aliphatic rings. The van der Waals surface area contributed by atoms with Crippen LogP contribution in [0.5, 0.6) is 0 Å². The highest BCUT2D eigenvalue weighted by atomic mass is 35.5. The molecule has 3 rings (SSSR count). The van der Waals surface area contributed by atoms with Crippen molar-refractivity contribution in [1.82, 2.24) is 14.5 Å². The number of halogens is 1. The number of aromatic nitrogens is 1. The molecule has 1 amide bonds. The van der Waals surface area contributed by atoms with Crippen molar-refractivity contribution in [2.45, 2.75) is 11.8 Å². The first-order valence-electron chi connectivity index (χ1n) is 10.3. The van der Waals surface area contributed by atoms with Crippen LogP contribution in [-0.2, 0) is 21.9 Å². The van der Waals surface area contributed by atoms with Crippen LogP contribution in [0.25, 0.3) is 22.4 Å². The van der Waals surface area contributed by atoms with Crippen LogP contribution in [-0.4, -0.2) is 63.4 Å². The lowest BCUT2D eigenvalue weighted by atomic mass is 9.99. The predicted molar refractivity (Wildman–Crippen MR) is 134 cm³/mol. The van der Waals surface area contributed by atoms with E-state index in [-0.39, 0.29) is 10.8 Å². The molecule has 1 aromatic heterocycles. The Morgan fingerprint density at radius 2 is 1.59 bits per heavy atom. The third kappa shape index (κ3) is 5.01. The van der Waals surface area contributed by atoms with Crippen LogP contribution in [0.15, 0.2) is 57.8 Å². The summed E-state index contributed by atoms with van der Waals surface area (Å²) in [7, 11) is 4.30. The molecule has 0 N–H and O–H groups in total. The van der Waals surface area contributed by atoms with Gasteiger partial charge in [0.05, 0.1) is 17.7 Å². The fourth-order valence-electron chi connectivity index (χ4n) is 3.69. The fourth-order valence-corrected chi connectivity index (χ4v) is 4.73. The smallest absolute Gasteiger partial charge is 0.294 e. The van der Waals surface area contributed by atoms with E-state index in [1.807, 2.05) is 30.7 Å². The van der Waals surface area contributed by atoms with Gasteiger partial charge in [-0.1, -0.05) is 35.9 Å². The molecule has 0 spiro atoms. The summed E-state index contributed by atoms with van der Waals surface area (Å²) < 4.78 is 30.5. The summed E-state index contributed by atoms with van der Waals surface area (Å²) in [5, 5.41) is 1.76. The Morgan fingerprint density at radius 3 is 2.12 bits per heavy atom. The van der Waals surface area contributed by atoms with Crippen LogP contribution in [0.4, 0.5) is 0 Å². The van der Waals surface area contributed by atoms with Crippen molar-refractivity contribution < 1.29 is 18.0 Å². The quantitative estimate of drug-likeness (QED) is 0.274. The highest BCUT2D eigenvalue weighted by molar-refractivity contribution is 7.90. The monoisotopic (exact) mass is 502 g/mol. The molecule has 34 heavy (non-hydrogen) atoms. The van der Waals surface area contributed by atoms with Gasteiger partial charge >= 0.3 is 0 Å². The van der Waals surface area contributed by atoms with E-state index < -0.39 is 10.0 Å². The van der Waals surface area contributed by atoms with Crippen molar-refractivity contribution in [2.75, 3.05) is 28.3 Å². The van der Waals surface area contributed by atoms with Gasteiger partial charge in [-0.15, -0.1) is 4.40 Å². The van der Waals surface area contributed by atoms with E-state index in [1.54, 1.807) is 43.3 Å². The van der Waals surface area contributed by atoms with E-state index in [0.717, 1.165) is 21.9 Å². The molecule has 0 aliphatic carbocycles. The molecule has 8 nitrogen and oxygen atoms in total. The zero-order chi connectivity index (χ0) is 25.2. The molecule has 0 radical (unpaired) electrons. The zero-order valence-corrected chi connectivity index (χ0v) is 21.5. The van der Waals surface area contributed by atoms with Crippen molar-refractivity contribution in [1.29, 1.82) is 0 Å². The number of benzene rings is 2. The molecule has 0 fully saturated rings. The largest absolute Gasteiger partial charge is 0.368 e. The minimum atomic E-state index is -3.84. The molecule has 0 bridgehead atoms. The van der Waals surface area contributed by atoms with E-state index in [2.05, 4.69) is 4.40 Å². The van der Waals surface area contributed by atoms with Gasteiger partial charge in [-0.2, -0.15) is 8.42 Å². The van der Waals surface area contributed by atoms with Gasteiger partial charge in [0, 0.05) is 38.8 Å². The number of hydrogen-bond donors (Lipinski definition) is 0. The topological polar surface area (TPSA) is 84.2 Å². The van der Waals surface area contributed by atoms with Crippen molar-refractivity contribution >= 4 is 33.9 Å². The van der Waals surface area contributed by atoms with Gasteiger partial charge in [-0.05, 0) is 47.9 Å². The standard InChI is InChI=1S/C24H27ClN4O4S/c1-16-21(17-9-13-20(14-10-17)34(31,32)26-15-27(2)3)23(24(30)29(5)33-6)28(4)22(16)18-7-11-19(25)12-8-18/h7-15H,1-6H3. The Balaban J connectivity index is 2.20. The van der Waals surface area contributed by atoms with Crippen molar-refractivity contribution in [3.8, 4) is 22.4 Å². The summed E-state index contributed by atoms with van der Waals surface area (Å²) >= 11 is 6.07. The van der Waals surface area contributed by atoms with Crippen molar-refractivity contribution in [3.63, 3.8) is 0 Å². The molecular weight excluding hydrogens is 476 g/mol. The van der Waals surface area contributed by atoms with Crippen LogP contribution in [0, 0.1) is 6.92 Å². The molecule has 0 saturated carbocycles. The first-order valence-corrected chi connectivity index (χ1v) is 12.1. The average molecular weight is 503 g/mol. The number of nitrogens with zero attached hydrogens (tertiary/aromatic N) is 4. The average Bonchev–Trinajstić information content (AvgIpc) is 3.07. The molecule has 3 aromatic rings. The van der Waals surface area contributed by atoms with Gasteiger partial charge < -0.3 is 9.47 Å². The van der Waals surface area contributed by atoms with Gasteiger partial charge in [0.15, 0.2) is 0 Å². The van der Waals surface area contributed by atoms with Crippen molar-refractivity contribution in [2.24, 2.45) is 11.4 Å². The molecule has 0 aliphatic heterocycles. The predicted octanol–water partition coefficient (Wildman–Crippen LogP) is 4.23. The summed E-state index contributed by atoms with van der Waals surface area (Å²) in [4.78, 5) is 20.0. The van der Waals surface area contributed by atoms with Gasteiger partial charge in [-0.25, -0.2) is 5.06 Å². The molecule has 0 atom stereocenters. The number of carbonyl (C=O) groups excluding carboxylic acids is 1. The molecule has 10 heteroatoms. The molecular formula is C24H27ClN4O4S. The van der Waals surface area contributed by atoms with Crippen LogP contribution in [0.1, 0.15) is 16.1 Å². The lowest BCUT2D eigenvalue weighted by Gasteiger charge is -2.16. The van der Waals surface area contributed by atoms with Gasteiger partial charge in [-0.3, -0.25) is 9.63 Å². The van der Waals surface area contributed by atoms with Gasteiger partial charge in [0.1, 0.15) is 12.0 Å². The Morgan fingerprint density at radius 1 is 1.03 bits per heavy atom. The Bertz CT molecular complexity index is 1330. The summed E-state index contributed by atoms with van der Waals surface area (Å²) in [6.45, 7) is 1.93. The third-order valence-corrected chi connectivity index (χ3v) is 6.87. The lowest BCUT2D eigenvalue weighted by Crippen LogP contribution is -2.27. The highest BCUT2D eigenvalue weighted by Gasteiger charge is 2.27. The maximum absolute atomic E-state index is 13.3. The van der Waals surface area contributed by atoms with Crippen LogP contribution in [0.3, 0.4) is 0 Å². The maximum Gasteiger partial charge on any atom is 0.294 e. The first-order chi connectivity index (χ1) is 16.0. The summed E-state index contributed by atoms with van der Waals surface area (Å²) in [6.07, 6.45) is 1.24. The summed E-state index contributed by atoms with van der Waals surface area (Å²) in [5.41, 5.74) is 4.37. The van der Waals surface area contributed by atoms with Crippen molar-refractivity contribution in [3.05, 3.63) is 64.8 Å². The summed E-state index contributed by atoms with van der Waals surface area (Å²) in [6, 6.07) is 13.7. The molecule has 0 unspecified atom stereocenters. The van der Waals surface area contributed by atoms with Crippen LogP contribution >= 0.6 is 11.6 Å². The molecule has 1 heterocycles.